The van der Waals surface area contributed by atoms with Crippen molar-refractivity contribution in [2.45, 2.75) is 18.2 Å². The molecular weight excluding hydrogens is 374 g/mol. The molecule has 0 saturated heterocycles. The molecule has 6 nitrogen and oxygen atoms in total. The number of rotatable bonds is 6. The van der Waals surface area contributed by atoms with Gasteiger partial charge in [0.05, 0.1) is 10.6 Å². The van der Waals surface area contributed by atoms with Crippen LogP contribution in [0.2, 0.25) is 0 Å². The van der Waals surface area contributed by atoms with Crippen molar-refractivity contribution in [1.29, 1.82) is 0 Å². The van der Waals surface area contributed by atoms with Crippen molar-refractivity contribution in [3.05, 3.63) is 66.7 Å². The molecule has 142 valence electrons. The average molecular weight is 393 g/mol. The third kappa shape index (κ3) is 5.09. The van der Waals surface area contributed by atoms with Crippen LogP contribution in [0.25, 0.3) is 11.3 Å². The van der Waals surface area contributed by atoms with E-state index in [1.54, 1.807) is 24.3 Å². The number of sulfonamides is 1. The van der Waals surface area contributed by atoms with Crippen molar-refractivity contribution >= 4 is 16.0 Å². The van der Waals surface area contributed by atoms with Gasteiger partial charge in [0.25, 0.3) is 10.0 Å². The topological polar surface area (TPSA) is 81.2 Å². The molecule has 0 amide bonds. The van der Waals surface area contributed by atoms with Crippen molar-refractivity contribution in [1.82, 2.24) is 9.97 Å². The Labute approximate surface area is 164 Å². The maximum absolute atomic E-state index is 12.6. The van der Waals surface area contributed by atoms with E-state index in [-0.39, 0.29) is 23.3 Å². The fourth-order valence-electron chi connectivity index (χ4n) is 2.37. The van der Waals surface area contributed by atoms with Crippen molar-refractivity contribution in [2.75, 3.05) is 11.3 Å². The zero-order chi connectivity index (χ0) is 19.8. The van der Waals surface area contributed by atoms with Crippen LogP contribution >= 0.6 is 0 Å². The van der Waals surface area contributed by atoms with Gasteiger partial charge in [0.1, 0.15) is 0 Å². The van der Waals surface area contributed by atoms with Gasteiger partial charge in [0.2, 0.25) is 11.8 Å². The number of hydrogen-bond donors (Lipinski definition) is 1. The van der Waals surface area contributed by atoms with Crippen molar-refractivity contribution in [3.8, 4) is 29.0 Å². The first kappa shape index (κ1) is 19.4. The summed E-state index contributed by atoms with van der Waals surface area (Å²) in [5.74, 6) is 5.95. The molecular formula is C21H19N3O3S. The Balaban J connectivity index is 1.95. The smallest absolute Gasteiger partial charge is 0.264 e. The Hall–Kier alpha value is -3.37. The predicted octanol–water partition coefficient (Wildman–Crippen LogP) is 3.74. The van der Waals surface area contributed by atoms with Crippen LogP contribution in [-0.4, -0.2) is 25.0 Å². The van der Waals surface area contributed by atoms with Gasteiger partial charge in [-0.25, -0.2) is 18.1 Å². The van der Waals surface area contributed by atoms with Crippen molar-refractivity contribution in [3.63, 3.8) is 0 Å². The third-order valence-corrected chi connectivity index (χ3v) is 4.99. The Morgan fingerprint density at radius 3 is 2.32 bits per heavy atom. The fourth-order valence-corrected chi connectivity index (χ4v) is 3.33. The van der Waals surface area contributed by atoms with Gasteiger partial charge in [-0.1, -0.05) is 61.4 Å². The number of nitrogens with zero attached hydrogens (tertiary/aromatic N) is 2. The Morgan fingerprint density at radius 1 is 0.964 bits per heavy atom. The van der Waals surface area contributed by atoms with Crippen LogP contribution in [-0.2, 0) is 10.0 Å². The van der Waals surface area contributed by atoms with Crippen LogP contribution in [0.5, 0.6) is 5.88 Å². The first-order valence-electron chi connectivity index (χ1n) is 8.69. The third-order valence-electron chi connectivity index (χ3n) is 3.65. The molecule has 0 saturated carbocycles. The lowest BCUT2D eigenvalue weighted by atomic mass is 10.1. The molecule has 28 heavy (non-hydrogen) atoms. The molecule has 0 aliphatic carbocycles. The van der Waals surface area contributed by atoms with Crippen LogP contribution in [0.3, 0.4) is 0 Å². The van der Waals surface area contributed by atoms with Crippen LogP contribution in [0.1, 0.15) is 13.3 Å². The lowest BCUT2D eigenvalue weighted by molar-refractivity contribution is 0.355. The van der Waals surface area contributed by atoms with Gasteiger partial charge in [-0.15, -0.1) is 5.92 Å². The molecule has 2 aromatic carbocycles. The van der Waals surface area contributed by atoms with Crippen molar-refractivity contribution < 1.29 is 13.2 Å². The van der Waals surface area contributed by atoms with Gasteiger partial charge in [-0.05, 0) is 12.1 Å². The lowest BCUT2D eigenvalue weighted by Crippen LogP contribution is -2.15. The van der Waals surface area contributed by atoms with Crippen LogP contribution in [0.4, 0.5) is 5.95 Å². The number of nitrogens with one attached hydrogen (secondary N) is 1. The molecule has 3 aromatic rings. The second-order valence-electron chi connectivity index (χ2n) is 5.70. The second-order valence-corrected chi connectivity index (χ2v) is 7.38. The Bertz CT molecular complexity index is 1090. The minimum absolute atomic E-state index is 0.0661. The predicted molar refractivity (Wildman–Crippen MR) is 108 cm³/mol. The molecule has 1 N–H and O–H groups in total. The van der Waals surface area contributed by atoms with E-state index in [4.69, 9.17) is 4.74 Å². The first-order chi connectivity index (χ1) is 13.6. The monoisotopic (exact) mass is 393 g/mol. The molecule has 0 bridgehead atoms. The average Bonchev–Trinajstić information content (AvgIpc) is 2.72. The molecule has 7 heteroatoms. The second kappa shape index (κ2) is 9.02. The van der Waals surface area contributed by atoms with Gasteiger partial charge in [-0.2, -0.15) is 4.98 Å². The summed E-state index contributed by atoms with van der Waals surface area (Å²) in [5, 5.41) is 0. The van der Waals surface area contributed by atoms with E-state index in [0.717, 1.165) is 12.0 Å². The van der Waals surface area contributed by atoms with Gasteiger partial charge in [0.15, 0.2) is 6.61 Å². The molecule has 1 heterocycles. The zero-order valence-electron chi connectivity index (χ0n) is 15.3. The van der Waals surface area contributed by atoms with E-state index >= 15 is 0 Å². The fraction of sp³-hybridized carbons (Fsp3) is 0.143. The summed E-state index contributed by atoms with van der Waals surface area (Å²) in [6, 6.07) is 19.1. The normalized spacial score (nSPS) is 10.6. The van der Waals surface area contributed by atoms with Gasteiger partial charge >= 0.3 is 0 Å². The summed E-state index contributed by atoms with van der Waals surface area (Å²) in [7, 11) is -3.82. The van der Waals surface area contributed by atoms with Gasteiger partial charge < -0.3 is 4.74 Å². The summed E-state index contributed by atoms with van der Waals surface area (Å²) in [4.78, 5) is 8.64. The van der Waals surface area contributed by atoms with Crippen LogP contribution < -0.4 is 9.46 Å². The SMILES string of the molecule is CCC#CCOc1cc(-c2ccccc2)nc(NS(=O)(=O)c2ccccc2)n1. The molecule has 0 spiro atoms. The quantitative estimate of drug-likeness (QED) is 0.645. The van der Waals surface area contributed by atoms with E-state index in [2.05, 4.69) is 26.5 Å². The summed E-state index contributed by atoms with van der Waals surface area (Å²) >= 11 is 0. The summed E-state index contributed by atoms with van der Waals surface area (Å²) in [6.45, 7) is 2.10. The van der Waals surface area contributed by atoms with Crippen LogP contribution in [0, 0.1) is 11.8 Å². The highest BCUT2D eigenvalue weighted by Crippen LogP contribution is 2.23. The molecule has 0 aliphatic rings. The Morgan fingerprint density at radius 2 is 1.64 bits per heavy atom. The van der Waals surface area contributed by atoms with E-state index < -0.39 is 10.0 Å². The maximum Gasteiger partial charge on any atom is 0.264 e. The van der Waals surface area contributed by atoms with Crippen LogP contribution in [0.15, 0.2) is 71.6 Å². The van der Waals surface area contributed by atoms with Crippen molar-refractivity contribution in [2.24, 2.45) is 0 Å². The molecule has 1 aromatic heterocycles. The number of benzene rings is 2. The van der Waals surface area contributed by atoms with E-state index in [0.29, 0.717) is 5.69 Å². The van der Waals surface area contributed by atoms with E-state index in [1.165, 1.54) is 12.1 Å². The zero-order valence-corrected chi connectivity index (χ0v) is 16.1. The minimum atomic E-state index is -3.82. The summed E-state index contributed by atoms with van der Waals surface area (Å²) in [6.07, 6.45) is 0.727. The number of aromatic nitrogens is 2. The molecule has 3 rings (SSSR count). The van der Waals surface area contributed by atoms with Gasteiger partial charge in [-0.3, -0.25) is 0 Å². The van der Waals surface area contributed by atoms with E-state index in [9.17, 15) is 8.42 Å². The summed E-state index contributed by atoms with van der Waals surface area (Å²) in [5.41, 5.74) is 1.36. The number of ether oxygens (including phenoxy) is 1. The molecule has 0 atom stereocenters. The lowest BCUT2D eigenvalue weighted by Gasteiger charge is -2.10. The number of anilines is 1. The number of hydrogen-bond acceptors (Lipinski definition) is 5. The highest BCUT2D eigenvalue weighted by atomic mass is 32.2. The largest absolute Gasteiger partial charge is 0.464 e. The molecule has 0 fully saturated rings. The highest BCUT2D eigenvalue weighted by Gasteiger charge is 2.17. The minimum Gasteiger partial charge on any atom is -0.464 e. The molecule has 0 unspecified atom stereocenters. The van der Waals surface area contributed by atoms with E-state index in [1.807, 2.05) is 37.3 Å². The Kier molecular flexibility index (Phi) is 6.25. The highest BCUT2D eigenvalue weighted by molar-refractivity contribution is 7.92. The summed E-state index contributed by atoms with van der Waals surface area (Å²) < 4.78 is 33.2. The maximum atomic E-state index is 12.6. The molecule has 0 radical (unpaired) electrons. The molecule has 0 aliphatic heterocycles. The standard InChI is InChI=1S/C21H19N3O3S/c1-2-3-10-15-27-20-16-19(17-11-6-4-7-12-17)22-21(23-20)24-28(25,26)18-13-8-5-9-14-18/h4-9,11-14,16H,2,15H2,1H3,(H,22,23,24). The first-order valence-corrected chi connectivity index (χ1v) is 10.2. The van der Waals surface area contributed by atoms with Gasteiger partial charge in [0, 0.05) is 18.1 Å².